The molecule has 1 aromatic carbocycles. The van der Waals surface area contributed by atoms with Crippen molar-refractivity contribution in [3.05, 3.63) is 41.4 Å². The summed E-state index contributed by atoms with van der Waals surface area (Å²) in [4.78, 5) is 4.03. The lowest BCUT2D eigenvalue weighted by Gasteiger charge is -2.19. The number of nitrogens with zero attached hydrogens (tertiary/aromatic N) is 2. The van der Waals surface area contributed by atoms with Gasteiger partial charge < -0.3 is 4.74 Å². The van der Waals surface area contributed by atoms with E-state index in [-0.39, 0.29) is 6.23 Å². The van der Waals surface area contributed by atoms with Gasteiger partial charge in [0.15, 0.2) is 6.23 Å². The third-order valence-electron chi connectivity index (χ3n) is 2.69. The maximum absolute atomic E-state index is 5.97. The van der Waals surface area contributed by atoms with E-state index in [2.05, 4.69) is 17.0 Å². The molecule has 0 aliphatic carbocycles. The third-order valence-corrected chi connectivity index (χ3v) is 2.99. The Morgan fingerprint density at radius 2 is 2.17 bits per heavy atom. The highest BCUT2D eigenvalue weighted by atomic mass is 32.1. The van der Waals surface area contributed by atoms with Gasteiger partial charge in [0.1, 0.15) is 12.1 Å². The maximum atomic E-state index is 5.97. The maximum Gasteiger partial charge on any atom is 0.219 e. The van der Waals surface area contributed by atoms with Crippen LogP contribution in [0.3, 0.4) is 0 Å². The molecule has 0 fully saturated rings. The minimum Gasteiger partial charge on any atom is -0.469 e. The number of aromatic amines is 1. The molecule has 0 saturated heterocycles. The van der Waals surface area contributed by atoms with Crippen LogP contribution >= 0.6 is 12.2 Å². The Morgan fingerprint density at radius 1 is 1.39 bits per heavy atom. The van der Waals surface area contributed by atoms with Crippen LogP contribution in [-0.2, 0) is 0 Å². The summed E-state index contributed by atoms with van der Waals surface area (Å²) in [6.07, 6.45) is 4.58. The van der Waals surface area contributed by atoms with Crippen molar-refractivity contribution in [3.63, 3.8) is 0 Å². The number of hydrogen-bond donors (Lipinski definition) is 1. The number of unbranched alkanes of at least 4 members (excludes halogenated alkanes) is 1. The Kier molecular flexibility index (Phi) is 4.52. The summed E-state index contributed by atoms with van der Waals surface area (Å²) in [6, 6.07) is 9.77. The first-order valence-electron chi connectivity index (χ1n) is 6.15. The van der Waals surface area contributed by atoms with E-state index in [0.717, 1.165) is 25.0 Å². The second kappa shape index (κ2) is 6.35. The van der Waals surface area contributed by atoms with Crippen molar-refractivity contribution in [2.45, 2.75) is 32.4 Å². The van der Waals surface area contributed by atoms with Crippen LogP contribution in [-0.4, -0.2) is 14.8 Å². The number of ether oxygens (including phenoxy) is 1. The summed E-state index contributed by atoms with van der Waals surface area (Å²) in [5.74, 6) is 0.843. The Morgan fingerprint density at radius 3 is 2.78 bits per heavy atom. The first-order chi connectivity index (χ1) is 8.81. The largest absolute Gasteiger partial charge is 0.469 e. The highest BCUT2D eigenvalue weighted by Gasteiger charge is 2.13. The summed E-state index contributed by atoms with van der Waals surface area (Å²) in [5, 5.41) is 3.01. The van der Waals surface area contributed by atoms with Gasteiger partial charge in [0.2, 0.25) is 4.77 Å². The van der Waals surface area contributed by atoms with Gasteiger partial charge in [0.25, 0.3) is 0 Å². The van der Waals surface area contributed by atoms with Crippen LogP contribution in [0.15, 0.2) is 36.7 Å². The molecule has 1 N–H and O–H groups in total. The standard InChI is InChI=1S/C13H17N3OS/c1-2-3-9-12(16-13(18)14-10-15-16)17-11-7-5-4-6-8-11/h4-8,10,12H,2-3,9H2,1H3,(H,14,15,18). The van der Waals surface area contributed by atoms with E-state index in [1.165, 1.54) is 0 Å². The lowest BCUT2D eigenvalue weighted by Crippen LogP contribution is -2.17. The van der Waals surface area contributed by atoms with Crippen LogP contribution in [0.5, 0.6) is 5.75 Å². The number of nitrogens with one attached hydrogen (secondary N) is 1. The van der Waals surface area contributed by atoms with Crippen molar-refractivity contribution in [1.82, 2.24) is 14.8 Å². The second-order valence-electron chi connectivity index (χ2n) is 4.07. The fraction of sp³-hybridized carbons (Fsp3) is 0.385. The molecule has 4 nitrogen and oxygen atoms in total. The first-order valence-corrected chi connectivity index (χ1v) is 6.55. The zero-order valence-corrected chi connectivity index (χ0v) is 11.2. The summed E-state index contributed by atoms with van der Waals surface area (Å²) in [6.45, 7) is 2.16. The van der Waals surface area contributed by atoms with E-state index in [1.807, 2.05) is 30.3 Å². The van der Waals surface area contributed by atoms with Gasteiger partial charge in [0, 0.05) is 6.42 Å². The van der Waals surface area contributed by atoms with Gasteiger partial charge in [-0.1, -0.05) is 31.5 Å². The van der Waals surface area contributed by atoms with Crippen LogP contribution in [0.2, 0.25) is 0 Å². The molecule has 18 heavy (non-hydrogen) atoms. The predicted octanol–water partition coefficient (Wildman–Crippen LogP) is 3.71. The Bertz CT molecular complexity index is 520. The molecule has 1 unspecified atom stereocenters. The number of para-hydroxylation sites is 1. The van der Waals surface area contributed by atoms with Gasteiger partial charge >= 0.3 is 0 Å². The number of hydrogen-bond acceptors (Lipinski definition) is 3. The van der Waals surface area contributed by atoms with Gasteiger partial charge in [-0.25, -0.2) is 9.67 Å². The van der Waals surface area contributed by atoms with Crippen LogP contribution in [0.4, 0.5) is 0 Å². The zero-order chi connectivity index (χ0) is 12.8. The molecular formula is C13H17N3OS. The molecule has 2 rings (SSSR count). The Labute approximate surface area is 112 Å². The molecule has 0 aliphatic rings. The monoisotopic (exact) mass is 263 g/mol. The lowest BCUT2D eigenvalue weighted by molar-refractivity contribution is 0.104. The molecule has 1 atom stereocenters. The van der Waals surface area contributed by atoms with Crippen LogP contribution in [0.25, 0.3) is 0 Å². The van der Waals surface area contributed by atoms with E-state index in [1.54, 1.807) is 11.0 Å². The molecule has 5 heteroatoms. The topological polar surface area (TPSA) is 42.8 Å². The number of benzene rings is 1. The van der Waals surface area contributed by atoms with Crippen molar-refractivity contribution in [2.75, 3.05) is 0 Å². The van der Waals surface area contributed by atoms with Crippen molar-refractivity contribution < 1.29 is 4.74 Å². The molecule has 0 amide bonds. The molecule has 2 aromatic rings. The summed E-state index contributed by atoms with van der Waals surface area (Å²) < 4.78 is 8.28. The van der Waals surface area contributed by atoms with Gasteiger partial charge in [-0.3, -0.25) is 5.10 Å². The van der Waals surface area contributed by atoms with Crippen LogP contribution < -0.4 is 4.74 Å². The van der Waals surface area contributed by atoms with Crippen molar-refractivity contribution in [2.24, 2.45) is 0 Å². The molecule has 0 saturated carbocycles. The van der Waals surface area contributed by atoms with E-state index in [4.69, 9.17) is 17.0 Å². The molecular weight excluding hydrogens is 246 g/mol. The van der Waals surface area contributed by atoms with E-state index in [9.17, 15) is 0 Å². The Hall–Kier alpha value is -1.62. The molecule has 0 aliphatic heterocycles. The van der Waals surface area contributed by atoms with Gasteiger partial charge in [-0.2, -0.15) is 0 Å². The van der Waals surface area contributed by atoms with Crippen LogP contribution in [0.1, 0.15) is 32.4 Å². The molecule has 0 bridgehead atoms. The predicted molar refractivity (Wildman–Crippen MR) is 73.0 cm³/mol. The highest BCUT2D eigenvalue weighted by Crippen LogP contribution is 2.20. The minimum atomic E-state index is -0.123. The van der Waals surface area contributed by atoms with E-state index >= 15 is 0 Å². The van der Waals surface area contributed by atoms with E-state index < -0.39 is 0 Å². The van der Waals surface area contributed by atoms with Gasteiger partial charge in [-0.05, 0) is 30.8 Å². The zero-order valence-electron chi connectivity index (χ0n) is 10.4. The quantitative estimate of drug-likeness (QED) is 0.808. The second-order valence-corrected chi connectivity index (χ2v) is 4.43. The summed E-state index contributed by atoms with van der Waals surface area (Å²) >= 11 is 5.17. The average molecular weight is 263 g/mol. The average Bonchev–Trinajstić information content (AvgIpc) is 2.82. The lowest BCUT2D eigenvalue weighted by atomic mass is 10.2. The van der Waals surface area contributed by atoms with Crippen LogP contribution in [0, 0.1) is 4.77 Å². The number of H-pyrrole nitrogens is 1. The Balaban J connectivity index is 2.16. The normalized spacial score (nSPS) is 12.3. The minimum absolute atomic E-state index is 0.123. The van der Waals surface area contributed by atoms with Gasteiger partial charge in [-0.15, -0.1) is 0 Å². The summed E-state index contributed by atoms with van der Waals surface area (Å²) in [5.41, 5.74) is 0. The molecule has 96 valence electrons. The van der Waals surface area contributed by atoms with E-state index in [0.29, 0.717) is 4.77 Å². The smallest absolute Gasteiger partial charge is 0.219 e. The van der Waals surface area contributed by atoms with Gasteiger partial charge in [0.05, 0.1) is 0 Å². The fourth-order valence-corrected chi connectivity index (χ4v) is 1.97. The molecule has 1 heterocycles. The number of rotatable bonds is 6. The molecule has 1 aromatic heterocycles. The number of aromatic nitrogens is 3. The van der Waals surface area contributed by atoms with Crippen molar-refractivity contribution >= 4 is 12.2 Å². The fourth-order valence-electron chi connectivity index (χ4n) is 1.75. The molecule has 0 spiro atoms. The van der Waals surface area contributed by atoms with Crippen molar-refractivity contribution in [1.29, 1.82) is 0 Å². The first kappa shape index (κ1) is 12.8. The summed E-state index contributed by atoms with van der Waals surface area (Å²) in [7, 11) is 0. The van der Waals surface area contributed by atoms with Crippen molar-refractivity contribution in [3.8, 4) is 5.75 Å². The SMILES string of the molecule is CCCCC(Oc1ccccc1)n1[nH]cnc1=S. The highest BCUT2D eigenvalue weighted by molar-refractivity contribution is 7.71. The third kappa shape index (κ3) is 3.20. The molecule has 0 radical (unpaired) electrons.